The number of thiophene rings is 1. The summed E-state index contributed by atoms with van der Waals surface area (Å²) in [7, 11) is -1.70. The average Bonchev–Trinajstić information content (AvgIpc) is 2.98. The van der Waals surface area contributed by atoms with Gasteiger partial charge in [-0.3, -0.25) is 0 Å². The van der Waals surface area contributed by atoms with Gasteiger partial charge in [-0.05, 0) is 29.3 Å². The molecular formula is C11H16ClNO3S2. The minimum Gasteiger partial charge on any atom is -0.384 e. The van der Waals surface area contributed by atoms with E-state index in [0.29, 0.717) is 35.7 Å². The second-order valence-corrected chi connectivity index (χ2v) is 7.72. The van der Waals surface area contributed by atoms with Crippen molar-refractivity contribution in [2.24, 2.45) is 5.92 Å². The van der Waals surface area contributed by atoms with Crippen molar-refractivity contribution in [1.82, 2.24) is 4.31 Å². The third-order valence-corrected chi connectivity index (χ3v) is 6.67. The maximum atomic E-state index is 12.4. The Morgan fingerprint density at radius 1 is 1.61 bits per heavy atom. The van der Waals surface area contributed by atoms with Crippen molar-refractivity contribution in [2.45, 2.75) is 16.5 Å². The van der Waals surface area contributed by atoms with Gasteiger partial charge in [0, 0.05) is 26.1 Å². The fourth-order valence-corrected chi connectivity index (χ4v) is 5.21. The summed E-state index contributed by atoms with van der Waals surface area (Å²) in [6, 6.07) is 1.66. The Morgan fingerprint density at radius 2 is 2.39 bits per heavy atom. The second kappa shape index (κ2) is 5.88. The molecule has 0 bridgehead atoms. The Balaban J connectivity index is 2.12. The first-order valence-electron chi connectivity index (χ1n) is 5.70. The van der Waals surface area contributed by atoms with E-state index in [9.17, 15) is 8.42 Å². The largest absolute Gasteiger partial charge is 0.384 e. The molecule has 1 aromatic rings. The van der Waals surface area contributed by atoms with Crippen LogP contribution >= 0.6 is 22.9 Å². The minimum atomic E-state index is -3.34. The molecule has 0 aromatic carbocycles. The molecule has 102 valence electrons. The summed E-state index contributed by atoms with van der Waals surface area (Å²) in [5.74, 6) is 0.649. The van der Waals surface area contributed by atoms with E-state index in [4.69, 9.17) is 16.3 Å². The Kier molecular flexibility index (Phi) is 4.66. The van der Waals surface area contributed by atoms with Crippen LogP contribution in [0.3, 0.4) is 0 Å². The quantitative estimate of drug-likeness (QED) is 0.783. The average molecular weight is 310 g/mol. The zero-order chi connectivity index (χ0) is 13.2. The first-order chi connectivity index (χ1) is 8.57. The summed E-state index contributed by atoms with van der Waals surface area (Å²) in [6.07, 6.45) is 0.862. The Morgan fingerprint density at radius 3 is 3.00 bits per heavy atom. The smallest absolute Gasteiger partial charge is 0.252 e. The summed E-state index contributed by atoms with van der Waals surface area (Å²) in [5, 5.41) is 1.79. The number of sulfonamides is 1. The molecule has 7 heteroatoms. The van der Waals surface area contributed by atoms with E-state index in [1.807, 2.05) is 0 Å². The Hall–Kier alpha value is -0.140. The molecule has 1 atom stereocenters. The lowest BCUT2D eigenvalue weighted by molar-refractivity contribution is 0.157. The molecule has 4 nitrogen and oxygen atoms in total. The molecule has 1 saturated heterocycles. The van der Waals surface area contributed by atoms with Crippen LogP contribution in [0.15, 0.2) is 15.7 Å². The van der Waals surface area contributed by atoms with Crippen molar-refractivity contribution in [3.05, 3.63) is 17.0 Å². The number of nitrogens with zero attached hydrogens (tertiary/aromatic N) is 1. The SMILES string of the molecule is COCC1CCN(S(=O)(=O)c2cc(CCl)cs2)C1. The molecule has 2 rings (SSSR count). The molecule has 1 aliphatic heterocycles. The number of alkyl halides is 1. The summed E-state index contributed by atoms with van der Waals surface area (Å²) in [6.45, 7) is 1.73. The van der Waals surface area contributed by atoms with Crippen LogP contribution in [0.2, 0.25) is 0 Å². The van der Waals surface area contributed by atoms with Crippen LogP contribution in [0.1, 0.15) is 12.0 Å². The molecular weight excluding hydrogens is 294 g/mol. The zero-order valence-corrected chi connectivity index (χ0v) is 12.5. The maximum absolute atomic E-state index is 12.4. The third-order valence-electron chi connectivity index (χ3n) is 3.03. The summed E-state index contributed by atoms with van der Waals surface area (Å²) in [4.78, 5) is 0. The predicted octanol–water partition coefficient (Wildman–Crippen LogP) is 2.14. The van der Waals surface area contributed by atoms with E-state index >= 15 is 0 Å². The zero-order valence-electron chi connectivity index (χ0n) is 10.1. The van der Waals surface area contributed by atoms with Crippen molar-refractivity contribution >= 4 is 33.0 Å². The van der Waals surface area contributed by atoms with E-state index in [2.05, 4.69) is 0 Å². The van der Waals surface area contributed by atoms with E-state index in [0.717, 1.165) is 12.0 Å². The molecule has 18 heavy (non-hydrogen) atoms. The Labute approximate surface area is 117 Å². The second-order valence-electron chi connectivity index (χ2n) is 4.38. The van der Waals surface area contributed by atoms with Gasteiger partial charge in [0.05, 0.1) is 6.61 Å². The standard InChI is InChI=1S/C11H16ClNO3S2/c1-16-7-9-2-3-13(6-9)18(14,15)11-4-10(5-12)8-17-11/h4,8-9H,2-3,5-7H2,1H3. The van der Waals surface area contributed by atoms with Crippen LogP contribution in [-0.4, -0.2) is 39.5 Å². The molecule has 0 radical (unpaired) electrons. The van der Waals surface area contributed by atoms with Crippen LogP contribution in [0.25, 0.3) is 0 Å². The first-order valence-corrected chi connectivity index (χ1v) is 8.56. The number of methoxy groups -OCH3 is 1. The predicted molar refractivity (Wildman–Crippen MR) is 72.6 cm³/mol. The lowest BCUT2D eigenvalue weighted by Crippen LogP contribution is -2.28. The number of hydrogen-bond acceptors (Lipinski definition) is 4. The number of rotatable bonds is 5. The molecule has 0 aliphatic carbocycles. The minimum absolute atomic E-state index is 0.303. The fourth-order valence-electron chi connectivity index (χ4n) is 2.07. The Bertz CT molecular complexity index is 500. The number of halogens is 1. The lowest BCUT2D eigenvalue weighted by Gasteiger charge is -2.15. The van der Waals surface area contributed by atoms with Gasteiger partial charge in [-0.2, -0.15) is 4.31 Å². The van der Waals surface area contributed by atoms with Crippen molar-refractivity contribution in [3.63, 3.8) is 0 Å². The highest BCUT2D eigenvalue weighted by atomic mass is 35.5. The van der Waals surface area contributed by atoms with E-state index < -0.39 is 10.0 Å². The molecule has 2 heterocycles. The van der Waals surface area contributed by atoms with Crippen molar-refractivity contribution in [1.29, 1.82) is 0 Å². The highest BCUT2D eigenvalue weighted by Crippen LogP contribution is 2.28. The highest BCUT2D eigenvalue weighted by Gasteiger charge is 2.33. The molecule has 0 amide bonds. The van der Waals surface area contributed by atoms with Gasteiger partial charge in [0.1, 0.15) is 4.21 Å². The topological polar surface area (TPSA) is 46.6 Å². The monoisotopic (exact) mass is 309 g/mol. The van der Waals surface area contributed by atoms with Gasteiger partial charge < -0.3 is 4.74 Å². The molecule has 1 fully saturated rings. The van der Waals surface area contributed by atoms with E-state index in [1.165, 1.54) is 11.3 Å². The molecule has 0 N–H and O–H groups in total. The van der Waals surface area contributed by atoms with Gasteiger partial charge in [0.15, 0.2) is 0 Å². The summed E-state index contributed by atoms with van der Waals surface area (Å²) in [5.41, 5.74) is 0.855. The van der Waals surface area contributed by atoms with Crippen LogP contribution in [0, 0.1) is 5.92 Å². The molecule has 0 saturated carbocycles. The van der Waals surface area contributed by atoms with Crippen LogP contribution in [0.4, 0.5) is 0 Å². The van der Waals surface area contributed by atoms with Crippen LogP contribution < -0.4 is 0 Å². The lowest BCUT2D eigenvalue weighted by atomic mass is 10.1. The van der Waals surface area contributed by atoms with Crippen LogP contribution in [0.5, 0.6) is 0 Å². The summed E-state index contributed by atoms with van der Waals surface area (Å²) < 4.78 is 31.7. The van der Waals surface area contributed by atoms with Gasteiger partial charge in [0.2, 0.25) is 0 Å². The van der Waals surface area contributed by atoms with Gasteiger partial charge in [-0.1, -0.05) is 0 Å². The highest BCUT2D eigenvalue weighted by molar-refractivity contribution is 7.91. The number of ether oxygens (including phenoxy) is 1. The van der Waals surface area contributed by atoms with E-state index in [1.54, 1.807) is 22.9 Å². The van der Waals surface area contributed by atoms with Gasteiger partial charge in [0.25, 0.3) is 10.0 Å². The molecule has 1 unspecified atom stereocenters. The molecule has 0 spiro atoms. The van der Waals surface area contributed by atoms with E-state index in [-0.39, 0.29) is 0 Å². The molecule has 1 aliphatic rings. The number of hydrogen-bond donors (Lipinski definition) is 0. The molecule has 1 aromatic heterocycles. The van der Waals surface area contributed by atoms with Gasteiger partial charge >= 0.3 is 0 Å². The van der Waals surface area contributed by atoms with Gasteiger partial charge in [-0.25, -0.2) is 8.42 Å². The third kappa shape index (κ3) is 2.88. The normalized spacial score (nSPS) is 21.6. The van der Waals surface area contributed by atoms with Crippen molar-refractivity contribution in [2.75, 3.05) is 26.8 Å². The fraction of sp³-hybridized carbons (Fsp3) is 0.636. The van der Waals surface area contributed by atoms with Crippen molar-refractivity contribution in [3.8, 4) is 0 Å². The first kappa shape index (κ1) is 14.3. The van der Waals surface area contributed by atoms with Crippen molar-refractivity contribution < 1.29 is 13.2 Å². The van der Waals surface area contributed by atoms with Crippen LogP contribution in [-0.2, 0) is 20.6 Å². The summed E-state index contributed by atoms with van der Waals surface area (Å²) >= 11 is 6.93. The maximum Gasteiger partial charge on any atom is 0.252 e. The van der Waals surface area contributed by atoms with Gasteiger partial charge in [-0.15, -0.1) is 22.9 Å².